The Labute approximate surface area is 517 Å². The Morgan fingerprint density at radius 1 is 0.329 bits per heavy atom. The number of aliphatic hydroxyl groups excluding tert-OH is 1. The van der Waals surface area contributed by atoms with E-state index in [-0.39, 0.29) is 25.7 Å². The fraction of sp³-hybridized carbons (Fsp3) is 0.939. The topological polar surface area (TPSA) is 237 Å². The lowest BCUT2D eigenvalue weighted by molar-refractivity contribution is -0.161. The fourth-order valence-electron chi connectivity index (χ4n) is 9.82. The molecule has 0 radical (unpaired) electrons. The monoisotopic (exact) mass is 1250 g/mol. The van der Waals surface area contributed by atoms with Crippen LogP contribution in [-0.2, 0) is 65.4 Å². The number of hydrogen-bond acceptors (Lipinski definition) is 15. The molecule has 19 heteroatoms. The van der Waals surface area contributed by atoms with Crippen molar-refractivity contribution in [1.29, 1.82) is 0 Å². The average molecular weight is 1260 g/mol. The Bertz CT molecular complexity index is 1670. The van der Waals surface area contributed by atoms with Crippen molar-refractivity contribution in [1.82, 2.24) is 0 Å². The maximum absolute atomic E-state index is 13.0. The van der Waals surface area contributed by atoms with Gasteiger partial charge in [0.2, 0.25) is 0 Å². The third-order valence-corrected chi connectivity index (χ3v) is 17.8. The van der Waals surface area contributed by atoms with E-state index >= 15 is 0 Å². The van der Waals surface area contributed by atoms with Gasteiger partial charge in [0.15, 0.2) is 12.2 Å². The van der Waals surface area contributed by atoms with Gasteiger partial charge in [0.25, 0.3) is 0 Å². The minimum atomic E-state index is -4.95. The van der Waals surface area contributed by atoms with Crippen LogP contribution in [0, 0.1) is 11.8 Å². The van der Waals surface area contributed by atoms with Gasteiger partial charge in [-0.25, -0.2) is 9.13 Å². The van der Waals surface area contributed by atoms with Crippen LogP contribution in [0.15, 0.2) is 0 Å². The highest BCUT2D eigenvalue weighted by atomic mass is 31.2. The van der Waals surface area contributed by atoms with Crippen LogP contribution in [0.5, 0.6) is 0 Å². The summed E-state index contributed by atoms with van der Waals surface area (Å²) >= 11 is 0. The first-order valence-electron chi connectivity index (χ1n) is 34.6. The molecule has 0 aromatic heterocycles. The fourth-order valence-corrected chi connectivity index (χ4v) is 11.4. The zero-order valence-electron chi connectivity index (χ0n) is 54.9. The van der Waals surface area contributed by atoms with Crippen LogP contribution in [0.3, 0.4) is 0 Å². The first-order chi connectivity index (χ1) is 40.9. The lowest BCUT2D eigenvalue weighted by atomic mass is 9.99. The molecule has 504 valence electrons. The van der Waals surface area contributed by atoms with Crippen LogP contribution in [0.2, 0.25) is 0 Å². The van der Waals surface area contributed by atoms with E-state index in [0.29, 0.717) is 25.7 Å². The molecule has 0 aliphatic rings. The summed E-state index contributed by atoms with van der Waals surface area (Å²) in [7, 11) is -9.88. The Morgan fingerprint density at radius 3 is 0.835 bits per heavy atom. The number of esters is 4. The number of hydrogen-bond donors (Lipinski definition) is 3. The molecule has 0 spiro atoms. The highest BCUT2D eigenvalue weighted by Crippen LogP contribution is 2.45. The first-order valence-corrected chi connectivity index (χ1v) is 37.6. The van der Waals surface area contributed by atoms with Gasteiger partial charge in [-0.05, 0) is 37.5 Å². The number of phosphoric acid groups is 2. The molecule has 0 aromatic rings. The van der Waals surface area contributed by atoms with Gasteiger partial charge in [-0.1, -0.05) is 279 Å². The van der Waals surface area contributed by atoms with E-state index in [0.717, 1.165) is 108 Å². The maximum atomic E-state index is 13.0. The smallest absolute Gasteiger partial charge is 0.462 e. The van der Waals surface area contributed by atoms with Crippen LogP contribution < -0.4 is 0 Å². The molecule has 0 bridgehead atoms. The van der Waals surface area contributed by atoms with Gasteiger partial charge in [0, 0.05) is 25.7 Å². The summed E-state index contributed by atoms with van der Waals surface area (Å²) in [6, 6.07) is 0. The molecule has 3 N–H and O–H groups in total. The van der Waals surface area contributed by atoms with Crippen molar-refractivity contribution in [2.45, 2.75) is 349 Å². The number of carbonyl (C=O) groups excluding carboxylic acids is 4. The van der Waals surface area contributed by atoms with Crippen molar-refractivity contribution >= 4 is 39.5 Å². The average Bonchev–Trinajstić information content (AvgIpc) is 3.53. The Morgan fingerprint density at radius 2 is 0.565 bits per heavy atom. The van der Waals surface area contributed by atoms with Crippen LogP contribution in [-0.4, -0.2) is 96.7 Å². The van der Waals surface area contributed by atoms with Gasteiger partial charge in [0.1, 0.15) is 19.3 Å². The SMILES string of the molecule is CCCCCCCCCCCCC(=O)O[C@H](COC(=O)CCCCCCC)COP(=O)(O)OC[C@H](O)COP(=O)(O)OC[C@@H](COC(=O)CCCCCCCCCCC(C)CC)OC(=O)CCCCCCCCCCCCCCCCC(C)CC. The summed E-state index contributed by atoms with van der Waals surface area (Å²) in [5, 5.41) is 10.5. The molecule has 0 aliphatic carbocycles. The van der Waals surface area contributed by atoms with E-state index < -0.39 is 97.5 Å². The molecule has 0 aromatic carbocycles. The zero-order valence-corrected chi connectivity index (χ0v) is 56.7. The van der Waals surface area contributed by atoms with Crippen molar-refractivity contribution in [3.63, 3.8) is 0 Å². The number of unbranched alkanes of at least 4 members (excludes halogenated alkanes) is 33. The molecule has 0 fully saturated rings. The van der Waals surface area contributed by atoms with Crippen molar-refractivity contribution < 1.29 is 80.2 Å². The molecular formula is C66H128O17P2. The van der Waals surface area contributed by atoms with E-state index in [1.165, 1.54) is 141 Å². The number of aliphatic hydroxyl groups is 1. The second-order valence-electron chi connectivity index (χ2n) is 24.3. The normalized spacial score (nSPS) is 14.9. The highest BCUT2D eigenvalue weighted by molar-refractivity contribution is 7.47. The Balaban J connectivity index is 5.16. The van der Waals surface area contributed by atoms with Crippen molar-refractivity contribution in [3.05, 3.63) is 0 Å². The third kappa shape index (κ3) is 58.2. The van der Waals surface area contributed by atoms with Gasteiger partial charge in [0.05, 0.1) is 26.4 Å². The second kappa shape index (κ2) is 58.4. The largest absolute Gasteiger partial charge is 0.472 e. The maximum Gasteiger partial charge on any atom is 0.472 e. The van der Waals surface area contributed by atoms with Crippen molar-refractivity contribution in [2.75, 3.05) is 39.6 Å². The molecule has 0 heterocycles. The third-order valence-electron chi connectivity index (χ3n) is 15.9. The summed E-state index contributed by atoms with van der Waals surface area (Å²) in [5.41, 5.74) is 0. The number of ether oxygens (including phenoxy) is 4. The van der Waals surface area contributed by atoms with E-state index in [1.807, 2.05) is 0 Å². The van der Waals surface area contributed by atoms with Crippen LogP contribution in [0.1, 0.15) is 330 Å². The number of phosphoric ester groups is 2. The molecule has 85 heavy (non-hydrogen) atoms. The minimum absolute atomic E-state index is 0.105. The highest BCUT2D eigenvalue weighted by Gasteiger charge is 2.30. The van der Waals surface area contributed by atoms with Crippen molar-refractivity contribution in [3.8, 4) is 0 Å². The van der Waals surface area contributed by atoms with E-state index in [1.54, 1.807) is 0 Å². The molecule has 0 rings (SSSR count). The van der Waals surface area contributed by atoms with E-state index in [2.05, 4.69) is 41.5 Å². The van der Waals surface area contributed by atoms with Gasteiger partial charge >= 0.3 is 39.5 Å². The van der Waals surface area contributed by atoms with Crippen LogP contribution in [0.4, 0.5) is 0 Å². The molecule has 17 nitrogen and oxygen atoms in total. The molecule has 0 aliphatic heterocycles. The Kier molecular flexibility index (Phi) is 57.1. The lowest BCUT2D eigenvalue weighted by Crippen LogP contribution is -2.30. The quantitative estimate of drug-likeness (QED) is 0.0222. The number of carbonyl (C=O) groups is 4. The second-order valence-corrected chi connectivity index (χ2v) is 27.2. The molecule has 0 saturated heterocycles. The summed E-state index contributed by atoms with van der Waals surface area (Å²) < 4.78 is 67.9. The molecule has 4 unspecified atom stereocenters. The van der Waals surface area contributed by atoms with Gasteiger partial charge < -0.3 is 33.8 Å². The van der Waals surface area contributed by atoms with E-state index in [4.69, 9.17) is 37.0 Å². The van der Waals surface area contributed by atoms with Gasteiger partial charge in [-0.15, -0.1) is 0 Å². The number of rotatable bonds is 65. The zero-order chi connectivity index (χ0) is 62.9. The van der Waals surface area contributed by atoms with E-state index in [9.17, 15) is 43.2 Å². The molecule has 0 amide bonds. The van der Waals surface area contributed by atoms with Gasteiger partial charge in [-0.2, -0.15) is 0 Å². The van der Waals surface area contributed by atoms with Crippen LogP contribution >= 0.6 is 15.6 Å². The predicted octanol–water partition coefficient (Wildman–Crippen LogP) is 18.4. The molecule has 0 saturated carbocycles. The van der Waals surface area contributed by atoms with Crippen LogP contribution in [0.25, 0.3) is 0 Å². The Hall–Kier alpha value is -1.94. The molecule has 7 atom stereocenters. The summed E-state index contributed by atoms with van der Waals surface area (Å²) in [6.07, 6.45) is 41.9. The van der Waals surface area contributed by atoms with Crippen molar-refractivity contribution in [2.24, 2.45) is 11.8 Å². The summed E-state index contributed by atoms with van der Waals surface area (Å²) in [4.78, 5) is 72.0. The minimum Gasteiger partial charge on any atom is -0.462 e. The standard InChI is InChI=1S/C66H128O17P2/c1-7-11-13-15-16-17-25-32-38-44-50-65(70)82-61(54-76-63(68)48-42-34-14-12-8-2)56-80-84(72,73)78-52-60(67)53-79-85(74,75)81-57-62(55-77-64(69)49-43-37-31-28-27-30-36-41-47-59(6)10-4)83-66(71)51-45-39-33-26-23-21-19-18-20-22-24-29-35-40-46-58(5)9-3/h58-62,67H,7-57H2,1-6H3,(H,72,73)(H,74,75)/t58?,59?,60-,61+,62+/m0/s1. The summed E-state index contributed by atoms with van der Waals surface area (Å²) in [6.45, 7) is 9.47. The van der Waals surface area contributed by atoms with Gasteiger partial charge in [-0.3, -0.25) is 37.3 Å². The first kappa shape index (κ1) is 83.1. The summed E-state index contributed by atoms with van der Waals surface area (Å²) in [5.74, 6) is -0.518. The predicted molar refractivity (Wildman–Crippen MR) is 340 cm³/mol. The molecular weight excluding hydrogens is 1130 g/mol. The lowest BCUT2D eigenvalue weighted by Gasteiger charge is -2.21.